The highest BCUT2D eigenvalue weighted by atomic mass is 15.2. The standard InChI is InChI=1S/C7H11N3/c1-2-6-5-3-4-8-7(5)10-9-6/h2-4H2,1H3,(H2,8,9,10). The van der Waals surface area contributed by atoms with Gasteiger partial charge in [0.25, 0.3) is 0 Å². The quantitative estimate of drug-likeness (QED) is 0.604. The minimum absolute atomic E-state index is 1.05. The van der Waals surface area contributed by atoms with Gasteiger partial charge in [-0.05, 0) is 12.8 Å². The van der Waals surface area contributed by atoms with Gasteiger partial charge in [0.1, 0.15) is 0 Å². The Morgan fingerprint density at radius 3 is 3.30 bits per heavy atom. The molecule has 0 amide bonds. The van der Waals surface area contributed by atoms with E-state index in [1.54, 1.807) is 0 Å². The first kappa shape index (κ1) is 5.77. The highest BCUT2D eigenvalue weighted by Crippen LogP contribution is 2.22. The number of aromatic nitrogens is 2. The summed E-state index contributed by atoms with van der Waals surface area (Å²) in [6.07, 6.45) is 2.19. The number of rotatable bonds is 1. The summed E-state index contributed by atoms with van der Waals surface area (Å²) in [6, 6.07) is 0. The van der Waals surface area contributed by atoms with Crippen LogP contribution in [0.25, 0.3) is 0 Å². The average molecular weight is 137 g/mol. The van der Waals surface area contributed by atoms with E-state index in [2.05, 4.69) is 22.4 Å². The number of anilines is 1. The first-order valence-electron chi connectivity index (χ1n) is 3.71. The molecule has 54 valence electrons. The molecule has 1 aliphatic heterocycles. The van der Waals surface area contributed by atoms with Crippen molar-refractivity contribution >= 4 is 5.82 Å². The van der Waals surface area contributed by atoms with Crippen molar-refractivity contribution in [2.24, 2.45) is 0 Å². The van der Waals surface area contributed by atoms with Crippen LogP contribution in [0.5, 0.6) is 0 Å². The number of nitrogens with one attached hydrogen (secondary N) is 2. The molecule has 3 heteroatoms. The summed E-state index contributed by atoms with van der Waals surface area (Å²) in [7, 11) is 0. The summed E-state index contributed by atoms with van der Waals surface area (Å²) >= 11 is 0. The Morgan fingerprint density at radius 1 is 1.60 bits per heavy atom. The predicted octanol–water partition coefficient (Wildman–Crippen LogP) is 0.940. The SMILES string of the molecule is CCc1[nH]nc2c1CCN2. The fourth-order valence-electron chi connectivity index (χ4n) is 1.42. The van der Waals surface area contributed by atoms with Crippen molar-refractivity contribution in [2.45, 2.75) is 19.8 Å². The molecular weight excluding hydrogens is 126 g/mol. The lowest BCUT2D eigenvalue weighted by atomic mass is 10.2. The molecule has 0 fully saturated rings. The third-order valence-corrected chi connectivity index (χ3v) is 1.97. The number of nitrogens with zero attached hydrogens (tertiary/aromatic N) is 1. The molecule has 1 aromatic rings. The zero-order valence-electron chi connectivity index (χ0n) is 6.07. The third kappa shape index (κ3) is 0.632. The number of hydrogen-bond acceptors (Lipinski definition) is 2. The van der Waals surface area contributed by atoms with E-state index in [4.69, 9.17) is 0 Å². The minimum Gasteiger partial charge on any atom is -0.368 e. The van der Waals surface area contributed by atoms with Crippen molar-refractivity contribution in [3.8, 4) is 0 Å². The normalized spacial score (nSPS) is 14.9. The van der Waals surface area contributed by atoms with Gasteiger partial charge < -0.3 is 5.32 Å². The molecule has 0 aliphatic carbocycles. The van der Waals surface area contributed by atoms with Crippen LogP contribution in [-0.2, 0) is 12.8 Å². The molecule has 0 aromatic carbocycles. The van der Waals surface area contributed by atoms with Crippen LogP contribution in [-0.4, -0.2) is 16.7 Å². The third-order valence-electron chi connectivity index (χ3n) is 1.97. The maximum Gasteiger partial charge on any atom is 0.151 e. The summed E-state index contributed by atoms with van der Waals surface area (Å²) in [5.74, 6) is 1.07. The summed E-state index contributed by atoms with van der Waals surface area (Å²) in [5, 5.41) is 10.4. The fraction of sp³-hybridized carbons (Fsp3) is 0.571. The van der Waals surface area contributed by atoms with E-state index in [0.717, 1.165) is 25.2 Å². The van der Waals surface area contributed by atoms with Crippen molar-refractivity contribution in [3.63, 3.8) is 0 Å². The Morgan fingerprint density at radius 2 is 2.50 bits per heavy atom. The molecule has 0 saturated heterocycles. The Hall–Kier alpha value is -0.990. The van der Waals surface area contributed by atoms with Gasteiger partial charge >= 0.3 is 0 Å². The molecule has 0 spiro atoms. The van der Waals surface area contributed by atoms with Crippen LogP contribution >= 0.6 is 0 Å². The predicted molar refractivity (Wildman–Crippen MR) is 40.2 cm³/mol. The first-order chi connectivity index (χ1) is 4.92. The number of aryl methyl sites for hydroxylation is 1. The lowest BCUT2D eigenvalue weighted by molar-refractivity contribution is 0.933. The lowest BCUT2D eigenvalue weighted by Gasteiger charge is -1.90. The van der Waals surface area contributed by atoms with E-state index >= 15 is 0 Å². The Labute approximate surface area is 59.8 Å². The second-order valence-corrected chi connectivity index (χ2v) is 2.56. The van der Waals surface area contributed by atoms with E-state index in [0.29, 0.717) is 0 Å². The van der Waals surface area contributed by atoms with Gasteiger partial charge in [0.05, 0.1) is 0 Å². The molecular formula is C7H11N3. The van der Waals surface area contributed by atoms with Gasteiger partial charge in [0.2, 0.25) is 0 Å². The van der Waals surface area contributed by atoms with Crippen LogP contribution in [0.15, 0.2) is 0 Å². The van der Waals surface area contributed by atoms with Crippen molar-refractivity contribution in [2.75, 3.05) is 11.9 Å². The number of aromatic amines is 1. The molecule has 2 heterocycles. The molecule has 1 aliphatic rings. The van der Waals surface area contributed by atoms with Crippen LogP contribution in [0.4, 0.5) is 5.82 Å². The van der Waals surface area contributed by atoms with Crippen LogP contribution in [0.1, 0.15) is 18.2 Å². The monoisotopic (exact) mass is 137 g/mol. The molecule has 10 heavy (non-hydrogen) atoms. The van der Waals surface area contributed by atoms with Crippen molar-refractivity contribution in [1.29, 1.82) is 0 Å². The van der Waals surface area contributed by atoms with Gasteiger partial charge in [-0.15, -0.1) is 0 Å². The highest BCUT2D eigenvalue weighted by molar-refractivity contribution is 5.50. The molecule has 0 unspecified atom stereocenters. The van der Waals surface area contributed by atoms with Crippen molar-refractivity contribution in [1.82, 2.24) is 10.2 Å². The fourth-order valence-corrected chi connectivity index (χ4v) is 1.42. The summed E-state index contributed by atoms with van der Waals surface area (Å²) in [4.78, 5) is 0. The van der Waals surface area contributed by atoms with Crippen LogP contribution in [0, 0.1) is 0 Å². The second-order valence-electron chi connectivity index (χ2n) is 2.56. The molecule has 3 nitrogen and oxygen atoms in total. The molecule has 0 atom stereocenters. The van der Waals surface area contributed by atoms with E-state index in [9.17, 15) is 0 Å². The topological polar surface area (TPSA) is 40.7 Å². The zero-order chi connectivity index (χ0) is 6.97. The van der Waals surface area contributed by atoms with E-state index < -0.39 is 0 Å². The number of hydrogen-bond donors (Lipinski definition) is 2. The molecule has 0 bridgehead atoms. The zero-order valence-corrected chi connectivity index (χ0v) is 6.07. The molecule has 0 radical (unpaired) electrons. The minimum atomic E-state index is 1.05. The van der Waals surface area contributed by atoms with Gasteiger partial charge in [-0.25, -0.2) is 0 Å². The van der Waals surface area contributed by atoms with Gasteiger partial charge in [-0.2, -0.15) is 5.10 Å². The first-order valence-corrected chi connectivity index (χ1v) is 3.71. The van der Waals surface area contributed by atoms with Crippen LogP contribution in [0.2, 0.25) is 0 Å². The van der Waals surface area contributed by atoms with Gasteiger partial charge in [0, 0.05) is 17.8 Å². The van der Waals surface area contributed by atoms with E-state index in [1.165, 1.54) is 11.3 Å². The summed E-state index contributed by atoms with van der Waals surface area (Å²) in [6.45, 7) is 3.20. The second kappa shape index (κ2) is 2.01. The summed E-state index contributed by atoms with van der Waals surface area (Å²) in [5.41, 5.74) is 2.68. The Balaban J connectivity index is 2.44. The molecule has 2 rings (SSSR count). The molecule has 2 N–H and O–H groups in total. The average Bonchev–Trinajstić information content (AvgIpc) is 2.44. The van der Waals surface area contributed by atoms with Gasteiger partial charge in [0.15, 0.2) is 5.82 Å². The number of fused-ring (bicyclic) bond motifs is 1. The molecule has 1 aromatic heterocycles. The molecule has 0 saturated carbocycles. The van der Waals surface area contributed by atoms with Crippen molar-refractivity contribution < 1.29 is 0 Å². The van der Waals surface area contributed by atoms with Gasteiger partial charge in [-0.1, -0.05) is 6.92 Å². The van der Waals surface area contributed by atoms with Crippen LogP contribution < -0.4 is 5.32 Å². The Kier molecular flexibility index (Phi) is 1.16. The van der Waals surface area contributed by atoms with Crippen LogP contribution in [0.3, 0.4) is 0 Å². The highest BCUT2D eigenvalue weighted by Gasteiger charge is 2.15. The van der Waals surface area contributed by atoms with Gasteiger partial charge in [-0.3, -0.25) is 5.10 Å². The summed E-state index contributed by atoms with van der Waals surface area (Å²) < 4.78 is 0. The lowest BCUT2D eigenvalue weighted by Crippen LogP contribution is -1.95. The van der Waals surface area contributed by atoms with E-state index in [-0.39, 0.29) is 0 Å². The Bertz CT molecular complexity index is 239. The maximum absolute atomic E-state index is 4.13. The van der Waals surface area contributed by atoms with Crippen molar-refractivity contribution in [3.05, 3.63) is 11.3 Å². The smallest absolute Gasteiger partial charge is 0.151 e. The van der Waals surface area contributed by atoms with E-state index in [1.807, 2.05) is 0 Å². The largest absolute Gasteiger partial charge is 0.368 e. The maximum atomic E-state index is 4.13. The number of H-pyrrole nitrogens is 1.